The molecule has 0 aromatic carbocycles. The van der Waals surface area contributed by atoms with Gasteiger partial charge in [-0.3, -0.25) is 14.4 Å². The largest absolute Gasteiger partial charge is 0.463 e. The molecule has 4 fully saturated rings. The van der Waals surface area contributed by atoms with Crippen LogP contribution in [0.1, 0.15) is 85.5 Å². The molecule has 1 aliphatic heterocycles. The highest BCUT2D eigenvalue weighted by Crippen LogP contribution is 2.70. The number of esters is 2. The lowest BCUT2D eigenvalue weighted by Crippen LogP contribution is -2.58. The van der Waals surface area contributed by atoms with Crippen molar-refractivity contribution >= 4 is 17.7 Å². The van der Waals surface area contributed by atoms with Gasteiger partial charge < -0.3 is 9.47 Å². The van der Waals surface area contributed by atoms with Gasteiger partial charge in [0.15, 0.2) is 5.78 Å². The number of ether oxygens (including phenoxy) is 2. The van der Waals surface area contributed by atoms with Crippen LogP contribution in [0.15, 0.2) is 11.6 Å². The van der Waals surface area contributed by atoms with Crippen molar-refractivity contribution < 1.29 is 23.9 Å². The van der Waals surface area contributed by atoms with Crippen LogP contribution < -0.4 is 0 Å². The van der Waals surface area contributed by atoms with E-state index in [-0.39, 0.29) is 52.1 Å². The molecule has 5 rings (SSSR count). The van der Waals surface area contributed by atoms with E-state index in [1.54, 1.807) is 0 Å². The minimum atomic E-state index is -0.355. The molecular formula is C26H36O5. The third-order valence-corrected chi connectivity index (χ3v) is 10.0. The molecule has 0 radical (unpaired) electrons. The SMILES string of the molecule is CC(C)OC(=O)[C@@H]1CC2=CC(=O)CC[C@]2(C)[C@H]2CC[C@@]3(C)[C@@H](CC[C@@]34CCC(=O)O4)[C@H]12. The first-order chi connectivity index (χ1) is 14.6. The first-order valence-corrected chi connectivity index (χ1v) is 12.3. The number of hydrogen-bond acceptors (Lipinski definition) is 5. The minimum absolute atomic E-state index is 0.0172. The highest BCUT2D eigenvalue weighted by Gasteiger charge is 2.69. The summed E-state index contributed by atoms with van der Waals surface area (Å²) >= 11 is 0. The number of hydrogen-bond donors (Lipinski definition) is 0. The number of ketones is 1. The zero-order valence-electron chi connectivity index (χ0n) is 19.4. The predicted molar refractivity (Wildman–Crippen MR) is 115 cm³/mol. The summed E-state index contributed by atoms with van der Waals surface area (Å²) in [5.74, 6) is 0.744. The van der Waals surface area contributed by atoms with Crippen LogP contribution in [0.5, 0.6) is 0 Å². The summed E-state index contributed by atoms with van der Waals surface area (Å²) in [6.45, 7) is 8.46. The number of carbonyl (C=O) groups excluding carboxylic acids is 3. The van der Waals surface area contributed by atoms with Crippen LogP contribution in [-0.2, 0) is 23.9 Å². The molecule has 1 spiro atoms. The molecule has 31 heavy (non-hydrogen) atoms. The van der Waals surface area contributed by atoms with Crippen molar-refractivity contribution in [2.45, 2.75) is 97.2 Å². The van der Waals surface area contributed by atoms with Crippen LogP contribution in [0, 0.1) is 34.5 Å². The fraction of sp³-hybridized carbons (Fsp3) is 0.808. The molecule has 0 aromatic rings. The molecule has 4 aliphatic carbocycles. The van der Waals surface area contributed by atoms with Crippen molar-refractivity contribution in [3.05, 3.63) is 11.6 Å². The van der Waals surface area contributed by atoms with Gasteiger partial charge in [0.05, 0.1) is 12.0 Å². The van der Waals surface area contributed by atoms with Crippen molar-refractivity contribution in [2.75, 3.05) is 0 Å². The molecule has 5 nitrogen and oxygen atoms in total. The van der Waals surface area contributed by atoms with Crippen molar-refractivity contribution in [3.8, 4) is 0 Å². The second-order valence-electron chi connectivity index (χ2n) is 11.6. The van der Waals surface area contributed by atoms with Gasteiger partial charge in [-0.1, -0.05) is 19.4 Å². The van der Waals surface area contributed by atoms with Crippen molar-refractivity contribution in [2.24, 2.45) is 34.5 Å². The van der Waals surface area contributed by atoms with E-state index in [2.05, 4.69) is 13.8 Å². The Hall–Kier alpha value is -1.65. The number of carbonyl (C=O) groups is 3. The summed E-state index contributed by atoms with van der Waals surface area (Å²) in [6, 6.07) is 0. The van der Waals surface area contributed by atoms with E-state index < -0.39 is 0 Å². The second kappa shape index (κ2) is 6.92. The van der Waals surface area contributed by atoms with Crippen LogP contribution in [-0.4, -0.2) is 29.4 Å². The van der Waals surface area contributed by atoms with Crippen LogP contribution in [0.3, 0.4) is 0 Å². The highest BCUT2D eigenvalue weighted by molar-refractivity contribution is 5.92. The average Bonchev–Trinajstić information content (AvgIpc) is 3.22. The fourth-order valence-corrected chi connectivity index (χ4v) is 8.42. The predicted octanol–water partition coefficient (Wildman–Crippen LogP) is 4.77. The normalized spacial score (nSPS) is 46.3. The third kappa shape index (κ3) is 2.90. The van der Waals surface area contributed by atoms with Crippen LogP contribution in [0.2, 0.25) is 0 Å². The van der Waals surface area contributed by atoms with E-state index in [0.717, 1.165) is 38.5 Å². The Kier molecular flexibility index (Phi) is 4.74. The fourth-order valence-electron chi connectivity index (χ4n) is 8.42. The molecule has 7 atom stereocenters. The molecule has 1 saturated heterocycles. The Morgan fingerprint density at radius 2 is 1.81 bits per heavy atom. The lowest BCUT2D eigenvalue weighted by molar-refractivity contribution is -0.180. The Morgan fingerprint density at radius 3 is 2.48 bits per heavy atom. The summed E-state index contributed by atoms with van der Waals surface area (Å²) in [7, 11) is 0. The Bertz CT molecular complexity index is 858. The maximum atomic E-state index is 13.4. The molecule has 0 aromatic heterocycles. The van der Waals surface area contributed by atoms with E-state index in [1.807, 2.05) is 19.9 Å². The summed E-state index contributed by atoms with van der Waals surface area (Å²) in [5, 5.41) is 0. The van der Waals surface area contributed by atoms with Gasteiger partial charge in [0.25, 0.3) is 0 Å². The van der Waals surface area contributed by atoms with Crippen LogP contribution in [0.25, 0.3) is 0 Å². The lowest BCUT2D eigenvalue weighted by atomic mass is 9.44. The topological polar surface area (TPSA) is 69.7 Å². The lowest BCUT2D eigenvalue weighted by Gasteiger charge is -2.60. The molecule has 0 bridgehead atoms. The van der Waals surface area contributed by atoms with Gasteiger partial charge in [-0.15, -0.1) is 0 Å². The Morgan fingerprint density at radius 1 is 1.06 bits per heavy atom. The molecule has 3 saturated carbocycles. The smallest absolute Gasteiger partial charge is 0.309 e. The zero-order chi connectivity index (χ0) is 22.2. The van der Waals surface area contributed by atoms with Crippen molar-refractivity contribution in [1.82, 2.24) is 0 Å². The van der Waals surface area contributed by atoms with Crippen molar-refractivity contribution in [1.29, 1.82) is 0 Å². The number of fused-ring (bicyclic) bond motifs is 6. The Labute approximate surface area is 185 Å². The summed E-state index contributed by atoms with van der Waals surface area (Å²) in [4.78, 5) is 37.8. The van der Waals surface area contributed by atoms with E-state index in [9.17, 15) is 14.4 Å². The van der Waals surface area contributed by atoms with E-state index in [1.165, 1.54) is 5.57 Å². The molecule has 0 unspecified atom stereocenters. The van der Waals surface area contributed by atoms with Crippen LogP contribution >= 0.6 is 0 Å². The van der Waals surface area contributed by atoms with Crippen molar-refractivity contribution in [3.63, 3.8) is 0 Å². The molecule has 5 heteroatoms. The van der Waals surface area contributed by atoms with Gasteiger partial charge in [-0.25, -0.2) is 0 Å². The summed E-state index contributed by atoms with van der Waals surface area (Å²) < 4.78 is 11.8. The molecule has 170 valence electrons. The maximum Gasteiger partial charge on any atom is 0.309 e. The van der Waals surface area contributed by atoms with E-state index >= 15 is 0 Å². The summed E-state index contributed by atoms with van der Waals surface area (Å²) in [5.41, 5.74) is 0.709. The average molecular weight is 429 g/mol. The standard InChI is InChI=1S/C26H36O5/c1-15(2)30-23(29)18-14-16-13-17(27)5-9-24(16,3)19-6-10-25(4)20(22(18)19)7-11-26(25)12-8-21(28)31-26/h13,15,18-20,22H,5-12,14H2,1-4H3/t18-,19+,20+,22-,24+,25+,26-/m1/s1. The molecular weight excluding hydrogens is 392 g/mol. The highest BCUT2D eigenvalue weighted by atomic mass is 16.6. The molecule has 0 N–H and O–H groups in total. The van der Waals surface area contributed by atoms with Gasteiger partial charge in [-0.2, -0.15) is 0 Å². The second-order valence-corrected chi connectivity index (χ2v) is 11.6. The van der Waals surface area contributed by atoms with Gasteiger partial charge in [-0.05, 0) is 88.0 Å². The maximum absolute atomic E-state index is 13.4. The van der Waals surface area contributed by atoms with Gasteiger partial charge in [0.1, 0.15) is 5.60 Å². The quantitative estimate of drug-likeness (QED) is 0.593. The Balaban J connectivity index is 1.56. The van der Waals surface area contributed by atoms with Gasteiger partial charge in [0, 0.05) is 18.3 Å². The third-order valence-electron chi connectivity index (χ3n) is 10.0. The van der Waals surface area contributed by atoms with E-state index in [0.29, 0.717) is 31.1 Å². The van der Waals surface area contributed by atoms with Crippen LogP contribution in [0.4, 0.5) is 0 Å². The molecule has 0 amide bonds. The van der Waals surface area contributed by atoms with E-state index in [4.69, 9.17) is 9.47 Å². The minimum Gasteiger partial charge on any atom is -0.463 e. The number of rotatable bonds is 2. The monoisotopic (exact) mass is 428 g/mol. The first-order valence-electron chi connectivity index (χ1n) is 12.3. The zero-order valence-corrected chi connectivity index (χ0v) is 19.4. The van der Waals surface area contributed by atoms with Gasteiger partial charge >= 0.3 is 11.9 Å². The first kappa shape index (κ1) is 21.2. The number of allylic oxidation sites excluding steroid dienone is 1. The van der Waals surface area contributed by atoms with Gasteiger partial charge in [0.2, 0.25) is 0 Å². The summed E-state index contributed by atoms with van der Waals surface area (Å²) in [6.07, 6.45) is 9.10. The molecule has 5 aliphatic rings. The molecule has 1 heterocycles.